The van der Waals surface area contributed by atoms with E-state index in [1.807, 2.05) is 18.7 Å². The Labute approximate surface area is 140 Å². The molecule has 1 aliphatic heterocycles. The Morgan fingerprint density at radius 1 is 1.30 bits per heavy atom. The van der Waals surface area contributed by atoms with Gasteiger partial charge in [-0.3, -0.25) is 9.48 Å². The second kappa shape index (κ2) is 7.47. The molecule has 1 aliphatic rings. The zero-order valence-corrected chi connectivity index (χ0v) is 15.6. The van der Waals surface area contributed by atoms with Gasteiger partial charge in [-0.1, -0.05) is 6.92 Å². The monoisotopic (exact) mass is 320 g/mol. The summed E-state index contributed by atoms with van der Waals surface area (Å²) in [5.41, 5.74) is 3.45. The standard InChI is InChI=1S/C18H32N4O/c1-13(12-17-14(2)19-21(6)15(17)3)18(23)22-10-7-8-16(9-11-22)20(4)5/h13,16H,7-12H2,1-6H3/t13-,16+/m0/s1. The number of rotatable bonds is 4. The number of carbonyl (C=O) groups excluding carboxylic acids is 1. The van der Waals surface area contributed by atoms with Crippen molar-refractivity contribution in [1.82, 2.24) is 19.6 Å². The van der Waals surface area contributed by atoms with Crippen molar-refractivity contribution < 1.29 is 4.79 Å². The molecule has 5 heteroatoms. The van der Waals surface area contributed by atoms with E-state index < -0.39 is 0 Å². The highest BCUT2D eigenvalue weighted by Crippen LogP contribution is 2.21. The molecule has 0 bridgehead atoms. The molecule has 1 amide bonds. The van der Waals surface area contributed by atoms with E-state index in [4.69, 9.17) is 0 Å². The highest BCUT2D eigenvalue weighted by molar-refractivity contribution is 5.79. The van der Waals surface area contributed by atoms with Gasteiger partial charge in [0.15, 0.2) is 0 Å². The second-order valence-corrected chi connectivity index (χ2v) is 7.25. The van der Waals surface area contributed by atoms with E-state index in [2.05, 4.69) is 42.8 Å². The van der Waals surface area contributed by atoms with Crippen LogP contribution in [0.1, 0.15) is 43.1 Å². The molecule has 5 nitrogen and oxygen atoms in total. The predicted molar refractivity (Wildman–Crippen MR) is 93.5 cm³/mol. The van der Waals surface area contributed by atoms with Gasteiger partial charge in [0.1, 0.15) is 0 Å². The van der Waals surface area contributed by atoms with E-state index in [1.54, 1.807) is 0 Å². The number of hydrogen-bond acceptors (Lipinski definition) is 3. The van der Waals surface area contributed by atoms with Crippen LogP contribution in [0.5, 0.6) is 0 Å². The van der Waals surface area contributed by atoms with Crippen molar-refractivity contribution in [2.24, 2.45) is 13.0 Å². The smallest absolute Gasteiger partial charge is 0.225 e. The van der Waals surface area contributed by atoms with Crippen molar-refractivity contribution in [1.29, 1.82) is 0 Å². The number of hydrogen-bond donors (Lipinski definition) is 0. The minimum Gasteiger partial charge on any atom is -0.342 e. The molecule has 1 saturated heterocycles. The molecule has 130 valence electrons. The lowest BCUT2D eigenvalue weighted by atomic mass is 9.98. The van der Waals surface area contributed by atoms with Crippen LogP contribution < -0.4 is 0 Å². The number of likely N-dealkylation sites (tertiary alicyclic amines) is 1. The second-order valence-electron chi connectivity index (χ2n) is 7.25. The fourth-order valence-corrected chi connectivity index (χ4v) is 3.63. The van der Waals surface area contributed by atoms with E-state index in [0.29, 0.717) is 11.9 Å². The van der Waals surface area contributed by atoms with Crippen molar-refractivity contribution in [3.8, 4) is 0 Å². The molecule has 0 spiro atoms. The van der Waals surface area contributed by atoms with Crippen molar-refractivity contribution in [3.05, 3.63) is 17.0 Å². The van der Waals surface area contributed by atoms with Gasteiger partial charge in [-0.05, 0) is 59.2 Å². The molecule has 2 atom stereocenters. The molecule has 1 aromatic heterocycles. The maximum absolute atomic E-state index is 12.8. The normalized spacial score (nSPS) is 20.7. The molecule has 1 fully saturated rings. The molecule has 2 rings (SSSR count). The van der Waals surface area contributed by atoms with Gasteiger partial charge in [0.05, 0.1) is 5.69 Å². The third kappa shape index (κ3) is 4.14. The quantitative estimate of drug-likeness (QED) is 0.854. The van der Waals surface area contributed by atoms with Gasteiger partial charge in [0.2, 0.25) is 5.91 Å². The fraction of sp³-hybridized carbons (Fsp3) is 0.778. The Hall–Kier alpha value is -1.36. The van der Waals surface area contributed by atoms with Crippen molar-refractivity contribution >= 4 is 5.91 Å². The van der Waals surface area contributed by atoms with E-state index in [-0.39, 0.29) is 5.92 Å². The summed E-state index contributed by atoms with van der Waals surface area (Å²) in [4.78, 5) is 17.2. The molecule has 0 N–H and O–H groups in total. The summed E-state index contributed by atoms with van der Waals surface area (Å²) in [5, 5.41) is 4.47. The predicted octanol–water partition coefficient (Wildman–Crippen LogP) is 2.16. The van der Waals surface area contributed by atoms with Crippen LogP contribution in [-0.2, 0) is 18.3 Å². The molecule has 2 heterocycles. The fourth-order valence-electron chi connectivity index (χ4n) is 3.63. The third-order valence-corrected chi connectivity index (χ3v) is 5.33. The summed E-state index contributed by atoms with van der Waals surface area (Å²) in [6.07, 6.45) is 4.16. The minimum absolute atomic E-state index is 0.0208. The largest absolute Gasteiger partial charge is 0.342 e. The lowest BCUT2D eigenvalue weighted by Gasteiger charge is -2.25. The molecule has 0 aliphatic carbocycles. The lowest BCUT2D eigenvalue weighted by Crippen LogP contribution is -2.37. The molecule has 0 saturated carbocycles. The van der Waals surface area contributed by atoms with Gasteiger partial charge in [-0.15, -0.1) is 0 Å². The minimum atomic E-state index is 0.0208. The number of aromatic nitrogens is 2. The number of carbonyl (C=O) groups is 1. The van der Waals surface area contributed by atoms with Gasteiger partial charge in [0.25, 0.3) is 0 Å². The van der Waals surface area contributed by atoms with E-state index in [9.17, 15) is 4.79 Å². The highest BCUT2D eigenvalue weighted by atomic mass is 16.2. The van der Waals surface area contributed by atoms with Gasteiger partial charge in [-0.2, -0.15) is 5.10 Å². The first-order valence-electron chi connectivity index (χ1n) is 8.75. The lowest BCUT2D eigenvalue weighted by molar-refractivity contribution is -0.134. The maximum atomic E-state index is 12.8. The summed E-state index contributed by atoms with van der Waals surface area (Å²) in [6, 6.07) is 0.603. The SMILES string of the molecule is Cc1nn(C)c(C)c1C[C@H](C)C(=O)N1CCC[C@@H](N(C)C)CC1. The van der Waals surface area contributed by atoms with Crippen LogP contribution in [0.25, 0.3) is 0 Å². The molecule has 0 aromatic carbocycles. The van der Waals surface area contributed by atoms with Gasteiger partial charge >= 0.3 is 0 Å². The van der Waals surface area contributed by atoms with Gasteiger partial charge < -0.3 is 9.80 Å². The van der Waals surface area contributed by atoms with Crippen LogP contribution in [0.2, 0.25) is 0 Å². The van der Waals surface area contributed by atoms with Crippen molar-refractivity contribution in [3.63, 3.8) is 0 Å². The summed E-state index contributed by atoms with van der Waals surface area (Å²) in [5.74, 6) is 0.319. The average molecular weight is 320 g/mol. The van der Waals surface area contributed by atoms with Crippen LogP contribution >= 0.6 is 0 Å². The van der Waals surface area contributed by atoms with E-state index in [0.717, 1.165) is 38.0 Å². The Balaban J connectivity index is 1.99. The Morgan fingerprint density at radius 3 is 2.57 bits per heavy atom. The summed E-state index contributed by atoms with van der Waals surface area (Å²) < 4.78 is 1.91. The number of amides is 1. The first-order valence-corrected chi connectivity index (χ1v) is 8.75. The zero-order valence-electron chi connectivity index (χ0n) is 15.6. The topological polar surface area (TPSA) is 41.4 Å². The molecule has 23 heavy (non-hydrogen) atoms. The first kappa shape index (κ1) is 18.0. The summed E-state index contributed by atoms with van der Waals surface area (Å²) >= 11 is 0. The third-order valence-electron chi connectivity index (χ3n) is 5.33. The molecule has 1 aromatic rings. The maximum Gasteiger partial charge on any atom is 0.225 e. The molecule has 0 unspecified atom stereocenters. The van der Waals surface area contributed by atoms with E-state index >= 15 is 0 Å². The summed E-state index contributed by atoms with van der Waals surface area (Å²) in [7, 11) is 6.24. The van der Waals surface area contributed by atoms with Crippen LogP contribution in [0.4, 0.5) is 0 Å². The van der Waals surface area contributed by atoms with Gasteiger partial charge in [-0.25, -0.2) is 0 Å². The van der Waals surface area contributed by atoms with Crippen molar-refractivity contribution in [2.75, 3.05) is 27.2 Å². The van der Waals surface area contributed by atoms with Crippen LogP contribution in [0, 0.1) is 19.8 Å². The number of aryl methyl sites for hydroxylation is 2. The van der Waals surface area contributed by atoms with Crippen LogP contribution in [0.15, 0.2) is 0 Å². The Bertz CT molecular complexity index is 549. The Morgan fingerprint density at radius 2 is 2.00 bits per heavy atom. The summed E-state index contributed by atoms with van der Waals surface area (Å²) in [6.45, 7) is 7.96. The zero-order chi connectivity index (χ0) is 17.1. The van der Waals surface area contributed by atoms with Crippen LogP contribution in [-0.4, -0.2) is 58.7 Å². The first-order chi connectivity index (χ1) is 10.8. The van der Waals surface area contributed by atoms with Crippen LogP contribution in [0.3, 0.4) is 0 Å². The molecular formula is C18H32N4O. The molecular weight excluding hydrogens is 288 g/mol. The Kier molecular flexibility index (Phi) is 5.84. The highest BCUT2D eigenvalue weighted by Gasteiger charge is 2.26. The van der Waals surface area contributed by atoms with E-state index in [1.165, 1.54) is 17.7 Å². The average Bonchev–Trinajstić information content (AvgIpc) is 2.72. The van der Waals surface area contributed by atoms with Gasteiger partial charge in [0, 0.05) is 37.8 Å². The number of nitrogens with zero attached hydrogens (tertiary/aromatic N) is 4. The van der Waals surface area contributed by atoms with Crippen molar-refractivity contribution in [2.45, 2.75) is 52.5 Å². The molecule has 0 radical (unpaired) electrons.